The molecular weight excluding hydrogens is 563 g/mol. The number of carbonyl (C=O) groups excluding carboxylic acids is 2. The number of nitrogens with one attached hydrogen (secondary N) is 1. The first-order chi connectivity index (χ1) is 17.0. The zero-order valence-electron chi connectivity index (χ0n) is 21.4. The highest BCUT2D eigenvalue weighted by atomic mass is 79.9. The van der Waals surface area contributed by atoms with E-state index in [1.54, 1.807) is 23.1 Å². The highest BCUT2D eigenvalue weighted by Gasteiger charge is 2.31. The van der Waals surface area contributed by atoms with Gasteiger partial charge in [-0.05, 0) is 76.0 Å². The summed E-state index contributed by atoms with van der Waals surface area (Å²) in [4.78, 5) is 28.3. The van der Waals surface area contributed by atoms with Crippen LogP contribution in [0.4, 0.5) is 0 Å². The molecular formula is C28H35BrCl2N2O3. The van der Waals surface area contributed by atoms with E-state index >= 15 is 0 Å². The van der Waals surface area contributed by atoms with Crippen LogP contribution in [0.1, 0.15) is 70.9 Å². The largest absolute Gasteiger partial charge is 0.483 e. The lowest BCUT2D eigenvalue weighted by atomic mass is 9.87. The Morgan fingerprint density at radius 1 is 1.14 bits per heavy atom. The molecule has 5 nitrogen and oxygen atoms in total. The summed E-state index contributed by atoms with van der Waals surface area (Å²) < 4.78 is 6.70. The highest BCUT2D eigenvalue weighted by molar-refractivity contribution is 9.10. The van der Waals surface area contributed by atoms with Gasteiger partial charge in [-0.2, -0.15) is 0 Å². The summed E-state index contributed by atoms with van der Waals surface area (Å²) in [5, 5.41) is 4.11. The van der Waals surface area contributed by atoms with E-state index in [0.717, 1.165) is 41.3 Å². The molecule has 1 aliphatic rings. The molecule has 2 aromatic carbocycles. The van der Waals surface area contributed by atoms with Crippen molar-refractivity contribution in [3.8, 4) is 5.75 Å². The van der Waals surface area contributed by atoms with Gasteiger partial charge in [-0.15, -0.1) is 0 Å². The molecule has 3 rings (SSSR count). The third-order valence-corrected chi connectivity index (χ3v) is 7.80. The third kappa shape index (κ3) is 7.62. The molecule has 1 atom stereocenters. The van der Waals surface area contributed by atoms with Crippen LogP contribution in [0.5, 0.6) is 5.75 Å². The van der Waals surface area contributed by atoms with Gasteiger partial charge in [0, 0.05) is 22.6 Å². The second kappa shape index (κ2) is 12.7. The molecule has 36 heavy (non-hydrogen) atoms. The van der Waals surface area contributed by atoms with Crippen LogP contribution >= 0.6 is 39.1 Å². The van der Waals surface area contributed by atoms with Gasteiger partial charge in [-0.3, -0.25) is 9.59 Å². The molecule has 2 aromatic rings. The number of carbonyl (C=O) groups is 2. The number of rotatable bonds is 9. The predicted octanol–water partition coefficient (Wildman–Crippen LogP) is 7.30. The van der Waals surface area contributed by atoms with Gasteiger partial charge in [-0.25, -0.2) is 0 Å². The van der Waals surface area contributed by atoms with Crippen LogP contribution < -0.4 is 10.1 Å². The minimum atomic E-state index is -0.639. The first-order valence-electron chi connectivity index (χ1n) is 12.5. The van der Waals surface area contributed by atoms with Crippen LogP contribution in [0.25, 0.3) is 0 Å². The molecule has 8 heteroatoms. The summed E-state index contributed by atoms with van der Waals surface area (Å²) in [7, 11) is 0. The van der Waals surface area contributed by atoms with Gasteiger partial charge < -0.3 is 15.0 Å². The van der Waals surface area contributed by atoms with Crippen molar-refractivity contribution in [2.75, 3.05) is 6.61 Å². The molecule has 0 radical (unpaired) electrons. The van der Waals surface area contributed by atoms with Gasteiger partial charge in [0.05, 0.1) is 4.47 Å². The molecule has 0 spiro atoms. The Morgan fingerprint density at radius 3 is 2.42 bits per heavy atom. The molecule has 2 amide bonds. The number of nitrogens with zero attached hydrogens (tertiary/aromatic N) is 1. The lowest BCUT2D eigenvalue weighted by molar-refractivity contribution is -0.143. The van der Waals surface area contributed by atoms with Crippen LogP contribution in [-0.2, 0) is 21.5 Å². The summed E-state index contributed by atoms with van der Waals surface area (Å²) in [5.41, 5.74) is 1.87. The molecule has 1 aliphatic carbocycles. The summed E-state index contributed by atoms with van der Waals surface area (Å²) in [6.07, 6.45) is 4.64. The van der Waals surface area contributed by atoms with Crippen molar-refractivity contribution in [2.24, 2.45) is 0 Å². The number of halogens is 3. The molecule has 1 saturated carbocycles. The maximum Gasteiger partial charge on any atom is 0.261 e. The summed E-state index contributed by atoms with van der Waals surface area (Å²) in [6, 6.07) is 10.6. The lowest BCUT2D eigenvalue weighted by Crippen LogP contribution is -2.52. The Hall–Kier alpha value is -1.76. The lowest BCUT2D eigenvalue weighted by Gasteiger charge is -2.31. The smallest absolute Gasteiger partial charge is 0.261 e. The van der Waals surface area contributed by atoms with Gasteiger partial charge >= 0.3 is 0 Å². The van der Waals surface area contributed by atoms with Crippen LogP contribution in [0, 0.1) is 0 Å². The number of benzene rings is 2. The monoisotopic (exact) mass is 596 g/mol. The summed E-state index contributed by atoms with van der Waals surface area (Å²) in [6.45, 7) is 8.30. The maximum absolute atomic E-state index is 13.5. The van der Waals surface area contributed by atoms with E-state index < -0.39 is 6.04 Å². The van der Waals surface area contributed by atoms with E-state index in [0.29, 0.717) is 22.2 Å². The quantitative estimate of drug-likeness (QED) is 0.330. The van der Waals surface area contributed by atoms with Crippen LogP contribution in [0.15, 0.2) is 40.9 Å². The minimum Gasteiger partial charge on any atom is -0.483 e. The van der Waals surface area contributed by atoms with Crippen molar-refractivity contribution in [1.82, 2.24) is 10.2 Å². The Kier molecular flexibility index (Phi) is 10.1. The molecule has 0 aliphatic heterocycles. The van der Waals surface area contributed by atoms with Crippen molar-refractivity contribution in [1.29, 1.82) is 0 Å². The van der Waals surface area contributed by atoms with Gasteiger partial charge in [0.15, 0.2) is 6.61 Å². The molecule has 1 N–H and O–H groups in total. The Balaban J connectivity index is 1.80. The van der Waals surface area contributed by atoms with Gasteiger partial charge in [-0.1, -0.05) is 75.9 Å². The summed E-state index contributed by atoms with van der Waals surface area (Å²) >= 11 is 16.1. The minimum absolute atomic E-state index is 0.00740. The average Bonchev–Trinajstić information content (AvgIpc) is 3.31. The molecule has 196 valence electrons. The van der Waals surface area contributed by atoms with Crippen molar-refractivity contribution < 1.29 is 14.3 Å². The maximum atomic E-state index is 13.5. The fourth-order valence-electron chi connectivity index (χ4n) is 4.43. The fraction of sp³-hybridized carbons (Fsp3) is 0.500. The first-order valence-corrected chi connectivity index (χ1v) is 14.0. The zero-order chi connectivity index (χ0) is 26.5. The highest BCUT2D eigenvalue weighted by Crippen LogP contribution is 2.32. The van der Waals surface area contributed by atoms with E-state index in [-0.39, 0.29) is 36.4 Å². The predicted molar refractivity (Wildman–Crippen MR) is 150 cm³/mol. The second-order valence-electron chi connectivity index (χ2n) is 10.4. The second-order valence-corrected chi connectivity index (χ2v) is 12.1. The number of ether oxygens (including phenoxy) is 1. The SMILES string of the molecule is CCC(C(=O)NC1CCCC1)N(Cc1ccc(Cl)cc1Cl)C(=O)COc1ccc(C(C)(C)C)cc1Br. The van der Waals surface area contributed by atoms with Crippen LogP contribution in [0.3, 0.4) is 0 Å². The third-order valence-electron chi connectivity index (χ3n) is 6.59. The standard InChI is InChI=1S/C28H35BrCl2N2O3/c1-5-24(27(35)32-21-8-6-7-9-21)33(16-18-10-12-20(30)15-23(18)31)26(34)17-36-25-13-11-19(14-22(25)29)28(2,3)4/h10-15,21,24H,5-9,16-17H2,1-4H3,(H,32,35). The number of amides is 2. The first kappa shape index (κ1) is 28.8. The molecule has 1 fully saturated rings. The van der Waals surface area contributed by atoms with Crippen molar-refractivity contribution in [3.05, 3.63) is 62.0 Å². The van der Waals surface area contributed by atoms with Crippen molar-refractivity contribution in [2.45, 2.75) is 83.8 Å². The number of hydrogen-bond acceptors (Lipinski definition) is 3. The Bertz CT molecular complexity index is 1080. The van der Waals surface area contributed by atoms with E-state index in [9.17, 15) is 9.59 Å². The molecule has 0 heterocycles. The number of hydrogen-bond donors (Lipinski definition) is 1. The van der Waals surface area contributed by atoms with E-state index in [1.807, 2.05) is 25.1 Å². The van der Waals surface area contributed by atoms with Crippen LogP contribution in [0.2, 0.25) is 10.0 Å². The fourth-order valence-corrected chi connectivity index (χ4v) is 5.39. The van der Waals surface area contributed by atoms with Gasteiger partial charge in [0.25, 0.3) is 5.91 Å². The van der Waals surface area contributed by atoms with E-state index in [2.05, 4.69) is 42.0 Å². The average molecular weight is 598 g/mol. The van der Waals surface area contributed by atoms with E-state index in [4.69, 9.17) is 27.9 Å². The van der Waals surface area contributed by atoms with Crippen molar-refractivity contribution >= 4 is 50.9 Å². The Morgan fingerprint density at radius 2 is 1.83 bits per heavy atom. The molecule has 0 aromatic heterocycles. The van der Waals surface area contributed by atoms with Crippen LogP contribution in [-0.4, -0.2) is 35.4 Å². The summed E-state index contributed by atoms with van der Waals surface area (Å²) in [5.74, 6) is 0.143. The van der Waals surface area contributed by atoms with Crippen molar-refractivity contribution in [3.63, 3.8) is 0 Å². The molecule has 0 saturated heterocycles. The molecule has 1 unspecified atom stereocenters. The topological polar surface area (TPSA) is 58.6 Å². The van der Waals surface area contributed by atoms with E-state index in [1.165, 1.54) is 0 Å². The van der Waals surface area contributed by atoms with Gasteiger partial charge in [0.1, 0.15) is 11.8 Å². The normalized spacial score (nSPS) is 15.0. The molecule has 0 bridgehead atoms. The Labute approximate surface area is 233 Å². The zero-order valence-corrected chi connectivity index (χ0v) is 24.5. The van der Waals surface area contributed by atoms with Gasteiger partial charge in [0.2, 0.25) is 5.91 Å².